The van der Waals surface area contributed by atoms with Gasteiger partial charge in [-0.3, -0.25) is 0 Å². The van der Waals surface area contributed by atoms with E-state index < -0.39 is 23.5 Å². The molecule has 1 aliphatic carbocycles. The van der Waals surface area contributed by atoms with Gasteiger partial charge >= 0.3 is 12.4 Å². The van der Waals surface area contributed by atoms with Crippen LogP contribution in [-0.4, -0.2) is 17.6 Å². The van der Waals surface area contributed by atoms with Crippen molar-refractivity contribution in [1.29, 1.82) is 0 Å². The maximum Gasteiger partial charge on any atom is 0.416 e. The van der Waals surface area contributed by atoms with Gasteiger partial charge in [-0.05, 0) is 61.9 Å². The van der Waals surface area contributed by atoms with Gasteiger partial charge in [0.05, 0.1) is 22.7 Å². The normalized spacial score (nSPS) is 15.8. The molecule has 0 bridgehead atoms. The van der Waals surface area contributed by atoms with Crippen molar-refractivity contribution in [3.8, 4) is 0 Å². The summed E-state index contributed by atoms with van der Waals surface area (Å²) in [5.74, 6) is 0. The van der Waals surface area contributed by atoms with Gasteiger partial charge in [-0.15, -0.1) is 0 Å². The zero-order chi connectivity index (χ0) is 25.7. The summed E-state index contributed by atoms with van der Waals surface area (Å²) in [4.78, 5) is 0.765. The molecule has 35 heavy (non-hydrogen) atoms. The predicted octanol–water partition coefficient (Wildman–Crippen LogP) is 8.55. The minimum Gasteiger partial charge on any atom is -0.377 e. The van der Waals surface area contributed by atoms with Crippen LogP contribution < -0.4 is 5.32 Å². The van der Waals surface area contributed by atoms with E-state index in [1.165, 1.54) is 32.1 Å². The maximum absolute atomic E-state index is 12.9. The molecule has 1 aromatic carbocycles. The molecule has 0 atom stereocenters. The summed E-state index contributed by atoms with van der Waals surface area (Å²) >= 11 is 5.34. The van der Waals surface area contributed by atoms with E-state index in [-0.39, 0.29) is 24.8 Å². The Hall–Kier alpha value is -1.87. The second kappa shape index (κ2) is 14.6. The fourth-order valence-electron chi connectivity index (χ4n) is 3.93. The minimum atomic E-state index is -4.85. The van der Waals surface area contributed by atoms with E-state index in [4.69, 9.17) is 17.0 Å². The number of rotatable bonds is 12. The van der Waals surface area contributed by atoms with Gasteiger partial charge in [-0.2, -0.15) is 26.3 Å². The third-order valence-electron chi connectivity index (χ3n) is 5.77. The summed E-state index contributed by atoms with van der Waals surface area (Å²) in [6, 6.07) is 2.02. The Bertz CT molecular complexity index is 809. The van der Waals surface area contributed by atoms with Gasteiger partial charge in [0.15, 0.2) is 0 Å². The third-order valence-corrected chi connectivity index (χ3v) is 6.03. The molecule has 1 saturated carbocycles. The van der Waals surface area contributed by atoms with Gasteiger partial charge in [-0.25, -0.2) is 0 Å². The van der Waals surface area contributed by atoms with Gasteiger partial charge in [0, 0.05) is 12.6 Å². The van der Waals surface area contributed by atoms with Crippen LogP contribution in [0.2, 0.25) is 0 Å². The highest BCUT2D eigenvalue weighted by molar-refractivity contribution is 7.80. The second-order valence-corrected chi connectivity index (χ2v) is 9.24. The summed E-state index contributed by atoms with van der Waals surface area (Å²) < 4.78 is 82.7. The Labute approximate surface area is 208 Å². The van der Waals surface area contributed by atoms with E-state index >= 15 is 0 Å². The molecule has 9 heteroatoms. The largest absolute Gasteiger partial charge is 0.416 e. The lowest BCUT2D eigenvalue weighted by molar-refractivity contribution is -0.143. The third kappa shape index (κ3) is 12.1. The number of nitrogens with one attached hydrogen (secondary N) is 1. The Morgan fingerprint density at radius 3 is 2.14 bits per heavy atom. The van der Waals surface area contributed by atoms with Crippen LogP contribution in [0.15, 0.2) is 42.5 Å². The SMILES string of the molecule is FC(F)(F)c1cc(COCCCCCC/C=C/C=C/C(=S)NC2CCCCC2)cc(C(F)(F)F)c1. The molecule has 2 rings (SSSR count). The van der Waals surface area contributed by atoms with Crippen LogP contribution in [0.1, 0.15) is 80.9 Å². The van der Waals surface area contributed by atoms with E-state index in [0.29, 0.717) is 24.6 Å². The molecule has 1 N–H and O–H groups in total. The summed E-state index contributed by atoms with van der Waals surface area (Å²) in [5.41, 5.74) is -2.79. The van der Waals surface area contributed by atoms with Crippen LogP contribution in [0.25, 0.3) is 0 Å². The lowest BCUT2D eigenvalue weighted by atomic mass is 9.95. The number of unbranched alkanes of at least 4 members (excludes halogenated alkanes) is 4. The number of hydrogen-bond acceptors (Lipinski definition) is 2. The topological polar surface area (TPSA) is 21.3 Å². The fourth-order valence-corrected chi connectivity index (χ4v) is 4.17. The highest BCUT2D eigenvalue weighted by Gasteiger charge is 2.36. The molecule has 1 aliphatic rings. The zero-order valence-electron chi connectivity index (χ0n) is 19.7. The van der Waals surface area contributed by atoms with Crippen molar-refractivity contribution >= 4 is 17.2 Å². The van der Waals surface area contributed by atoms with Gasteiger partial charge in [0.25, 0.3) is 0 Å². The zero-order valence-corrected chi connectivity index (χ0v) is 20.5. The molecule has 1 fully saturated rings. The molecule has 0 aromatic heterocycles. The van der Waals surface area contributed by atoms with Crippen molar-refractivity contribution in [3.05, 3.63) is 59.2 Å². The average molecular weight is 522 g/mol. The molecule has 196 valence electrons. The first kappa shape index (κ1) is 29.4. The first-order valence-electron chi connectivity index (χ1n) is 12.1. The Morgan fingerprint density at radius 2 is 1.51 bits per heavy atom. The van der Waals surface area contributed by atoms with Crippen LogP contribution in [0.3, 0.4) is 0 Å². The van der Waals surface area contributed by atoms with Crippen molar-refractivity contribution in [3.63, 3.8) is 0 Å². The fraction of sp³-hybridized carbons (Fsp3) is 0.577. The average Bonchev–Trinajstić information content (AvgIpc) is 2.79. The predicted molar refractivity (Wildman–Crippen MR) is 130 cm³/mol. The molecule has 0 spiro atoms. The molecule has 0 saturated heterocycles. The van der Waals surface area contributed by atoms with Gasteiger partial charge < -0.3 is 10.1 Å². The minimum absolute atomic E-state index is 0.121. The lowest BCUT2D eigenvalue weighted by Gasteiger charge is -2.23. The number of hydrogen-bond donors (Lipinski definition) is 1. The van der Waals surface area contributed by atoms with Crippen LogP contribution in [0.4, 0.5) is 26.3 Å². The molecule has 0 aliphatic heterocycles. The number of allylic oxidation sites excluding steroid dienone is 3. The van der Waals surface area contributed by atoms with Gasteiger partial charge in [0.1, 0.15) is 0 Å². The van der Waals surface area contributed by atoms with Crippen LogP contribution in [0.5, 0.6) is 0 Å². The lowest BCUT2D eigenvalue weighted by Crippen LogP contribution is -2.34. The Kier molecular flexibility index (Phi) is 12.3. The van der Waals surface area contributed by atoms with Crippen LogP contribution in [0, 0.1) is 0 Å². The Balaban J connectivity index is 1.57. The highest BCUT2D eigenvalue weighted by atomic mass is 32.1. The van der Waals surface area contributed by atoms with E-state index in [9.17, 15) is 26.3 Å². The van der Waals surface area contributed by atoms with E-state index in [2.05, 4.69) is 11.4 Å². The molecule has 0 unspecified atom stereocenters. The summed E-state index contributed by atoms with van der Waals surface area (Å²) in [7, 11) is 0. The number of thiocarbonyl (C=S) groups is 1. The molecule has 1 aromatic rings. The second-order valence-electron chi connectivity index (χ2n) is 8.80. The quantitative estimate of drug-likeness (QED) is 0.0979. The maximum atomic E-state index is 12.9. The molecular formula is C26H33F6NOS. The number of alkyl halides is 6. The van der Waals surface area contributed by atoms with Crippen molar-refractivity contribution in [2.75, 3.05) is 6.61 Å². The number of ether oxygens (including phenoxy) is 1. The summed E-state index contributed by atoms with van der Waals surface area (Å²) in [6.45, 7) is -0.0127. The van der Waals surface area contributed by atoms with Crippen molar-refractivity contribution < 1.29 is 31.1 Å². The first-order valence-corrected chi connectivity index (χ1v) is 12.5. The smallest absolute Gasteiger partial charge is 0.377 e. The van der Waals surface area contributed by atoms with Crippen LogP contribution >= 0.6 is 12.2 Å². The standard InChI is InChI=1S/C26H33F6NOS/c27-25(28,29)21-16-20(17-22(18-21)26(30,31)32)19-34-15-11-6-4-2-1-3-5-10-14-24(35)33-23-12-8-7-9-13-23/h3,5,10,14,16-18,23H,1-2,4,6-9,11-13,15,19H2,(H,33,35)/b5-3+,14-10+. The Morgan fingerprint density at radius 1 is 0.886 bits per heavy atom. The monoisotopic (exact) mass is 521 g/mol. The molecular weight excluding hydrogens is 488 g/mol. The van der Waals surface area contributed by atoms with Crippen molar-refractivity contribution in [2.24, 2.45) is 0 Å². The molecule has 2 nitrogen and oxygen atoms in total. The van der Waals surface area contributed by atoms with Crippen LogP contribution in [-0.2, 0) is 23.7 Å². The van der Waals surface area contributed by atoms with Crippen molar-refractivity contribution in [2.45, 2.75) is 89.2 Å². The van der Waals surface area contributed by atoms with E-state index in [1.54, 1.807) is 0 Å². The first-order chi connectivity index (χ1) is 16.6. The van der Waals surface area contributed by atoms with Crippen molar-refractivity contribution in [1.82, 2.24) is 5.32 Å². The summed E-state index contributed by atoms with van der Waals surface area (Å²) in [5, 5.41) is 3.38. The van der Waals surface area contributed by atoms with Gasteiger partial charge in [0.2, 0.25) is 0 Å². The van der Waals surface area contributed by atoms with E-state index in [0.717, 1.165) is 30.7 Å². The number of halogens is 6. The highest BCUT2D eigenvalue weighted by Crippen LogP contribution is 2.36. The molecule has 0 heterocycles. The molecule has 0 amide bonds. The van der Waals surface area contributed by atoms with E-state index in [1.807, 2.05) is 18.2 Å². The van der Waals surface area contributed by atoms with Gasteiger partial charge in [-0.1, -0.05) is 62.6 Å². The summed E-state index contributed by atoms with van der Waals surface area (Å²) in [6.07, 6.45) is 8.79. The molecule has 0 radical (unpaired) electrons. The number of benzene rings is 1.